The van der Waals surface area contributed by atoms with Crippen molar-refractivity contribution in [3.63, 3.8) is 0 Å². The molecule has 0 bridgehead atoms. The van der Waals surface area contributed by atoms with Crippen molar-refractivity contribution in [2.75, 3.05) is 0 Å². The van der Waals surface area contributed by atoms with E-state index in [9.17, 15) is 4.79 Å². The van der Waals surface area contributed by atoms with E-state index in [0.717, 1.165) is 18.4 Å². The Bertz CT molecular complexity index is 248. The number of hydrogen-bond donors (Lipinski definition) is 0. The predicted molar refractivity (Wildman–Crippen MR) is 50.9 cm³/mol. The van der Waals surface area contributed by atoms with Crippen LogP contribution in [0.5, 0.6) is 0 Å². The highest BCUT2D eigenvalue weighted by Gasteiger charge is 2.26. The summed E-state index contributed by atoms with van der Waals surface area (Å²) < 4.78 is 0. The molecule has 0 spiro atoms. The van der Waals surface area contributed by atoms with E-state index in [4.69, 9.17) is 0 Å². The minimum Gasteiger partial charge on any atom is -0.295 e. The van der Waals surface area contributed by atoms with Gasteiger partial charge < -0.3 is 0 Å². The molecule has 0 N–H and O–H groups in total. The fourth-order valence-corrected chi connectivity index (χ4v) is 1.74. The molecule has 0 aromatic heterocycles. The smallest absolute Gasteiger partial charge is 0.155 e. The van der Waals surface area contributed by atoms with Gasteiger partial charge in [-0.25, -0.2) is 0 Å². The fourth-order valence-electron chi connectivity index (χ4n) is 1.74. The molecule has 1 heteroatoms. The van der Waals surface area contributed by atoms with Crippen LogP contribution in [0, 0.1) is 5.41 Å². The molecule has 0 aromatic carbocycles. The first-order valence-electron chi connectivity index (χ1n) is 4.44. The lowest BCUT2D eigenvalue weighted by molar-refractivity contribution is -0.113. The second-order valence-corrected chi connectivity index (χ2v) is 3.73. The number of Topliss-reactive ketones (excluding diaryl/α,β-unsaturated/α-hetero) is 1. The van der Waals surface area contributed by atoms with Gasteiger partial charge >= 0.3 is 0 Å². The first-order valence-corrected chi connectivity index (χ1v) is 4.44. The molecule has 0 unspecified atom stereocenters. The van der Waals surface area contributed by atoms with Gasteiger partial charge in [-0.2, -0.15) is 0 Å². The van der Waals surface area contributed by atoms with Gasteiger partial charge in [-0.15, -0.1) is 0 Å². The highest BCUT2D eigenvalue weighted by Crippen LogP contribution is 2.36. The van der Waals surface area contributed by atoms with E-state index in [2.05, 4.69) is 25.2 Å². The summed E-state index contributed by atoms with van der Waals surface area (Å²) in [6.07, 6.45) is 8.35. The van der Waals surface area contributed by atoms with Crippen molar-refractivity contribution in [1.82, 2.24) is 0 Å². The summed E-state index contributed by atoms with van der Waals surface area (Å²) >= 11 is 0. The van der Waals surface area contributed by atoms with Crippen molar-refractivity contribution >= 4 is 5.78 Å². The Kier molecular flexibility index (Phi) is 2.51. The molecule has 1 rings (SSSR count). The lowest BCUT2D eigenvalue weighted by atomic mass is 9.90. The largest absolute Gasteiger partial charge is 0.295 e. The van der Waals surface area contributed by atoms with Crippen LogP contribution >= 0.6 is 0 Å². The average Bonchev–Trinajstić information content (AvgIpc) is 2.33. The third-order valence-corrected chi connectivity index (χ3v) is 2.44. The van der Waals surface area contributed by atoms with Gasteiger partial charge in [0, 0.05) is 5.41 Å². The molecule has 0 saturated heterocycles. The lowest BCUT2D eigenvalue weighted by Gasteiger charge is -2.14. The summed E-state index contributed by atoms with van der Waals surface area (Å²) in [6.45, 7) is 5.83. The van der Waals surface area contributed by atoms with Gasteiger partial charge in [-0.1, -0.05) is 25.2 Å². The van der Waals surface area contributed by atoms with E-state index in [1.165, 1.54) is 0 Å². The Morgan fingerprint density at radius 1 is 1.67 bits per heavy atom. The van der Waals surface area contributed by atoms with Gasteiger partial charge in [-0.05, 0) is 32.3 Å². The van der Waals surface area contributed by atoms with Gasteiger partial charge in [-0.3, -0.25) is 4.79 Å². The summed E-state index contributed by atoms with van der Waals surface area (Å²) in [4.78, 5) is 11.0. The molecule has 0 saturated carbocycles. The van der Waals surface area contributed by atoms with Gasteiger partial charge in [0.05, 0.1) is 0 Å². The molecule has 0 heterocycles. The van der Waals surface area contributed by atoms with Crippen molar-refractivity contribution < 1.29 is 4.79 Å². The maximum atomic E-state index is 11.0. The normalized spacial score (nSPS) is 29.4. The van der Waals surface area contributed by atoms with Crippen molar-refractivity contribution in [1.29, 1.82) is 0 Å². The first-order chi connectivity index (χ1) is 5.57. The molecule has 12 heavy (non-hydrogen) atoms. The summed E-state index contributed by atoms with van der Waals surface area (Å²) in [5.74, 6) is 0.225. The van der Waals surface area contributed by atoms with Crippen LogP contribution in [0.2, 0.25) is 0 Å². The van der Waals surface area contributed by atoms with E-state index in [0.29, 0.717) is 0 Å². The zero-order chi connectivity index (χ0) is 9.19. The van der Waals surface area contributed by atoms with Crippen LogP contribution in [0.3, 0.4) is 0 Å². The fraction of sp³-hybridized carbons (Fsp3) is 0.545. The zero-order valence-corrected chi connectivity index (χ0v) is 8.05. The molecular formula is C11H16O. The highest BCUT2D eigenvalue weighted by atomic mass is 16.1. The minimum absolute atomic E-state index is 0.135. The Labute approximate surface area is 74.2 Å². The van der Waals surface area contributed by atoms with Crippen LogP contribution in [0.1, 0.15) is 33.6 Å². The molecule has 1 aliphatic rings. The molecule has 0 radical (unpaired) electrons. The third kappa shape index (κ3) is 1.84. The van der Waals surface area contributed by atoms with Crippen LogP contribution in [0.25, 0.3) is 0 Å². The molecule has 0 fully saturated rings. The van der Waals surface area contributed by atoms with Crippen LogP contribution in [0.15, 0.2) is 23.8 Å². The molecule has 0 aliphatic heterocycles. The van der Waals surface area contributed by atoms with E-state index >= 15 is 0 Å². The Morgan fingerprint density at radius 2 is 2.33 bits per heavy atom. The number of carbonyl (C=O) groups is 1. The number of rotatable bonds is 2. The van der Waals surface area contributed by atoms with Gasteiger partial charge in [0.25, 0.3) is 0 Å². The van der Waals surface area contributed by atoms with Crippen molar-refractivity contribution in [2.24, 2.45) is 5.41 Å². The molecular weight excluding hydrogens is 148 g/mol. The second-order valence-electron chi connectivity index (χ2n) is 3.73. The van der Waals surface area contributed by atoms with E-state index in [1.54, 1.807) is 6.92 Å². The molecule has 1 atom stereocenters. The molecule has 66 valence electrons. The second kappa shape index (κ2) is 3.26. The maximum Gasteiger partial charge on any atom is 0.155 e. The summed E-state index contributed by atoms with van der Waals surface area (Å²) in [5, 5.41) is 0. The lowest BCUT2D eigenvalue weighted by Crippen LogP contribution is -2.03. The van der Waals surface area contributed by atoms with Crippen molar-refractivity contribution in [2.45, 2.75) is 33.6 Å². The first kappa shape index (κ1) is 9.24. The molecule has 1 aliphatic carbocycles. The Balaban J connectivity index is 2.82. The van der Waals surface area contributed by atoms with Crippen LogP contribution in [-0.2, 0) is 4.79 Å². The molecule has 1 nitrogen and oxygen atoms in total. The van der Waals surface area contributed by atoms with E-state index in [-0.39, 0.29) is 11.2 Å². The number of ketones is 1. The number of hydrogen-bond acceptors (Lipinski definition) is 1. The SMILES string of the molecule is C/C=C/[C@@]1(C)C=C(C(C)=O)CC1. The van der Waals surface area contributed by atoms with Gasteiger partial charge in [0.1, 0.15) is 0 Å². The molecule has 0 amide bonds. The zero-order valence-electron chi connectivity index (χ0n) is 8.05. The average molecular weight is 164 g/mol. The molecule has 0 aromatic rings. The summed E-state index contributed by atoms with van der Waals surface area (Å²) in [7, 11) is 0. The summed E-state index contributed by atoms with van der Waals surface area (Å²) in [6, 6.07) is 0. The third-order valence-electron chi connectivity index (χ3n) is 2.44. The predicted octanol–water partition coefficient (Wildman–Crippen LogP) is 2.88. The maximum absolute atomic E-state index is 11.0. The van der Waals surface area contributed by atoms with Crippen LogP contribution < -0.4 is 0 Å². The highest BCUT2D eigenvalue weighted by molar-refractivity contribution is 5.93. The number of carbonyl (C=O) groups excluding carboxylic acids is 1. The topological polar surface area (TPSA) is 17.1 Å². The Morgan fingerprint density at radius 3 is 2.75 bits per heavy atom. The number of allylic oxidation sites excluding steroid dienone is 4. The Hall–Kier alpha value is -0.850. The van der Waals surface area contributed by atoms with E-state index < -0.39 is 0 Å². The van der Waals surface area contributed by atoms with Crippen LogP contribution in [-0.4, -0.2) is 5.78 Å². The van der Waals surface area contributed by atoms with Gasteiger partial charge in [0.2, 0.25) is 0 Å². The van der Waals surface area contributed by atoms with Crippen LogP contribution in [0.4, 0.5) is 0 Å². The standard InChI is InChI=1S/C11H16O/c1-4-6-11(3)7-5-10(8-11)9(2)12/h4,6,8H,5,7H2,1-3H3/b6-4+/t11-/m1/s1. The monoisotopic (exact) mass is 164 g/mol. The summed E-state index contributed by atoms with van der Waals surface area (Å²) in [5.41, 5.74) is 1.13. The quantitative estimate of drug-likeness (QED) is 0.573. The van der Waals surface area contributed by atoms with Gasteiger partial charge in [0.15, 0.2) is 5.78 Å². The minimum atomic E-state index is 0.135. The van der Waals surface area contributed by atoms with E-state index in [1.807, 2.05) is 6.92 Å². The van der Waals surface area contributed by atoms with Crippen molar-refractivity contribution in [3.05, 3.63) is 23.8 Å². The van der Waals surface area contributed by atoms with Crippen molar-refractivity contribution in [3.8, 4) is 0 Å².